The Morgan fingerprint density at radius 3 is 2.55 bits per heavy atom. The van der Waals surface area contributed by atoms with Gasteiger partial charge in [0.1, 0.15) is 22.8 Å². The van der Waals surface area contributed by atoms with Gasteiger partial charge in [-0.3, -0.25) is 19.7 Å². The summed E-state index contributed by atoms with van der Waals surface area (Å²) in [6.07, 6.45) is -1.47. The van der Waals surface area contributed by atoms with E-state index in [1.54, 1.807) is 20.8 Å². The molecule has 1 fully saturated rings. The SMILES string of the molecule is C[C@H](N)C(=O)N1[C@@H](c2ccc(Cl)c([N+](=O)[O-])c2)NC(=O)C[C@H]1C(=O)OC(C)(C)C. The molecule has 0 aromatic heterocycles. The van der Waals surface area contributed by atoms with Crippen LogP contribution in [0.2, 0.25) is 5.02 Å². The molecule has 3 N–H and O–H groups in total. The molecule has 0 bridgehead atoms. The van der Waals surface area contributed by atoms with Crippen molar-refractivity contribution < 1.29 is 24.0 Å². The number of nitrogens with one attached hydrogen (secondary N) is 1. The van der Waals surface area contributed by atoms with E-state index in [0.29, 0.717) is 0 Å². The van der Waals surface area contributed by atoms with Crippen LogP contribution in [0.3, 0.4) is 0 Å². The lowest BCUT2D eigenvalue weighted by molar-refractivity contribution is -0.384. The number of nitro benzene ring substituents is 1. The highest BCUT2D eigenvalue weighted by Gasteiger charge is 2.44. The number of nitrogens with two attached hydrogens (primary N) is 1. The number of benzene rings is 1. The number of carbonyl (C=O) groups is 3. The third-order valence-corrected chi connectivity index (χ3v) is 4.42. The van der Waals surface area contributed by atoms with E-state index in [1.165, 1.54) is 19.1 Å². The quantitative estimate of drug-likeness (QED) is 0.423. The van der Waals surface area contributed by atoms with Gasteiger partial charge in [0, 0.05) is 11.6 Å². The third-order valence-electron chi connectivity index (χ3n) is 4.10. The van der Waals surface area contributed by atoms with Gasteiger partial charge in [-0.15, -0.1) is 0 Å². The third kappa shape index (κ3) is 5.21. The van der Waals surface area contributed by atoms with Gasteiger partial charge >= 0.3 is 5.97 Å². The van der Waals surface area contributed by atoms with E-state index < -0.39 is 52.2 Å². The molecule has 1 aromatic rings. The van der Waals surface area contributed by atoms with E-state index in [2.05, 4.69) is 5.32 Å². The molecule has 1 aliphatic rings. The minimum Gasteiger partial charge on any atom is -0.458 e. The summed E-state index contributed by atoms with van der Waals surface area (Å²) in [5.41, 5.74) is 4.71. The number of carbonyl (C=O) groups excluding carboxylic acids is 3. The number of hydrogen-bond acceptors (Lipinski definition) is 7. The smallest absolute Gasteiger partial charge is 0.330 e. The molecule has 1 aromatic carbocycles. The van der Waals surface area contributed by atoms with Crippen LogP contribution < -0.4 is 11.1 Å². The number of rotatable bonds is 4. The van der Waals surface area contributed by atoms with Gasteiger partial charge in [0.15, 0.2) is 0 Å². The first-order valence-electron chi connectivity index (χ1n) is 8.85. The summed E-state index contributed by atoms with van der Waals surface area (Å²) in [6.45, 7) is 6.41. The molecule has 10 nitrogen and oxygen atoms in total. The Morgan fingerprint density at radius 2 is 2.03 bits per heavy atom. The molecule has 0 aliphatic carbocycles. The van der Waals surface area contributed by atoms with Gasteiger partial charge in [-0.2, -0.15) is 0 Å². The molecule has 29 heavy (non-hydrogen) atoms. The second-order valence-corrected chi connectivity index (χ2v) is 8.13. The molecular formula is C18H23ClN4O6. The van der Waals surface area contributed by atoms with Crippen molar-refractivity contribution in [3.8, 4) is 0 Å². The maximum atomic E-state index is 12.8. The van der Waals surface area contributed by atoms with Crippen LogP contribution in [-0.2, 0) is 19.1 Å². The lowest BCUT2D eigenvalue weighted by Crippen LogP contribution is -2.61. The van der Waals surface area contributed by atoms with Gasteiger partial charge in [-0.05, 0) is 33.8 Å². The minimum atomic E-state index is -1.23. The van der Waals surface area contributed by atoms with E-state index in [4.69, 9.17) is 22.1 Å². The minimum absolute atomic E-state index is 0.102. The lowest BCUT2D eigenvalue weighted by Gasteiger charge is -2.42. The highest BCUT2D eigenvalue weighted by molar-refractivity contribution is 6.32. The summed E-state index contributed by atoms with van der Waals surface area (Å²) in [5, 5.41) is 13.7. The molecular weight excluding hydrogens is 404 g/mol. The van der Waals surface area contributed by atoms with Crippen LogP contribution in [0.4, 0.5) is 5.69 Å². The Bertz CT molecular complexity index is 851. The van der Waals surface area contributed by atoms with Crippen molar-refractivity contribution in [2.75, 3.05) is 0 Å². The molecule has 0 radical (unpaired) electrons. The summed E-state index contributed by atoms with van der Waals surface area (Å²) in [4.78, 5) is 49.5. The Hall–Kier alpha value is -2.72. The second kappa shape index (κ2) is 8.34. The first-order chi connectivity index (χ1) is 13.3. The van der Waals surface area contributed by atoms with E-state index in [0.717, 1.165) is 11.0 Å². The average Bonchev–Trinajstić information content (AvgIpc) is 2.59. The fourth-order valence-corrected chi connectivity index (χ4v) is 3.09. The predicted octanol–water partition coefficient (Wildman–Crippen LogP) is 1.65. The number of nitrogens with zero attached hydrogens (tertiary/aromatic N) is 2. The van der Waals surface area contributed by atoms with Crippen molar-refractivity contribution >= 4 is 35.1 Å². The van der Waals surface area contributed by atoms with E-state index in [1.807, 2.05) is 0 Å². The molecule has 1 heterocycles. The summed E-state index contributed by atoms with van der Waals surface area (Å²) in [7, 11) is 0. The summed E-state index contributed by atoms with van der Waals surface area (Å²) < 4.78 is 5.37. The monoisotopic (exact) mass is 426 g/mol. The number of amides is 2. The van der Waals surface area contributed by atoms with Crippen molar-refractivity contribution in [2.24, 2.45) is 5.73 Å². The Balaban J connectivity index is 2.55. The van der Waals surface area contributed by atoms with Gasteiger partial charge in [-0.25, -0.2) is 4.79 Å². The molecule has 1 aliphatic heterocycles. The van der Waals surface area contributed by atoms with Crippen LogP contribution in [-0.4, -0.2) is 45.3 Å². The molecule has 2 amide bonds. The van der Waals surface area contributed by atoms with Crippen molar-refractivity contribution in [1.29, 1.82) is 0 Å². The number of halogens is 1. The number of nitro groups is 1. The topological polar surface area (TPSA) is 145 Å². The first-order valence-corrected chi connectivity index (χ1v) is 9.23. The maximum Gasteiger partial charge on any atom is 0.330 e. The van der Waals surface area contributed by atoms with Crippen LogP contribution in [0.25, 0.3) is 0 Å². The average molecular weight is 427 g/mol. The Morgan fingerprint density at radius 1 is 1.41 bits per heavy atom. The molecule has 2 rings (SSSR count). The maximum absolute atomic E-state index is 12.8. The molecule has 1 saturated heterocycles. The largest absolute Gasteiger partial charge is 0.458 e. The number of ether oxygens (including phenoxy) is 1. The van der Waals surface area contributed by atoms with Crippen LogP contribution in [0, 0.1) is 10.1 Å². The van der Waals surface area contributed by atoms with E-state index in [-0.39, 0.29) is 17.0 Å². The zero-order chi connectivity index (χ0) is 22.1. The van der Waals surface area contributed by atoms with E-state index >= 15 is 0 Å². The van der Waals surface area contributed by atoms with Crippen molar-refractivity contribution in [2.45, 2.75) is 58.0 Å². The molecule has 0 unspecified atom stereocenters. The van der Waals surface area contributed by atoms with Gasteiger partial charge in [0.2, 0.25) is 11.8 Å². The van der Waals surface area contributed by atoms with Crippen LogP contribution in [0.5, 0.6) is 0 Å². The zero-order valence-corrected chi connectivity index (χ0v) is 17.2. The van der Waals surface area contributed by atoms with Crippen LogP contribution in [0.15, 0.2) is 18.2 Å². The molecule has 0 saturated carbocycles. The van der Waals surface area contributed by atoms with Crippen LogP contribution >= 0.6 is 11.6 Å². The van der Waals surface area contributed by atoms with Crippen molar-refractivity contribution in [3.05, 3.63) is 38.9 Å². The van der Waals surface area contributed by atoms with E-state index in [9.17, 15) is 24.5 Å². The first kappa shape index (κ1) is 22.6. The Kier molecular flexibility index (Phi) is 6.49. The molecule has 11 heteroatoms. The van der Waals surface area contributed by atoms with Crippen molar-refractivity contribution in [1.82, 2.24) is 10.2 Å². The fraction of sp³-hybridized carbons (Fsp3) is 0.500. The summed E-state index contributed by atoms with van der Waals surface area (Å²) >= 11 is 5.86. The van der Waals surface area contributed by atoms with Crippen LogP contribution in [0.1, 0.15) is 45.8 Å². The fourth-order valence-electron chi connectivity index (χ4n) is 2.90. The highest BCUT2D eigenvalue weighted by atomic mass is 35.5. The van der Waals surface area contributed by atoms with Gasteiger partial charge in [-0.1, -0.05) is 17.7 Å². The predicted molar refractivity (Wildman–Crippen MR) is 104 cm³/mol. The molecule has 158 valence electrons. The summed E-state index contributed by atoms with van der Waals surface area (Å²) in [5.74, 6) is -1.91. The standard InChI is InChI=1S/C18H23ClN4O6/c1-9(20)16(25)22-13(17(26)29-18(2,3)4)8-14(24)21-15(22)10-5-6-11(19)12(7-10)23(27)28/h5-7,9,13,15H,8,20H2,1-4H3,(H,21,24)/t9-,13-,15-/m0/s1. The van der Waals surface area contributed by atoms with Gasteiger partial charge < -0.3 is 20.7 Å². The number of hydrogen-bond donors (Lipinski definition) is 2. The normalized spacial score (nSPS) is 20.6. The van der Waals surface area contributed by atoms with Gasteiger partial charge in [0.05, 0.1) is 17.4 Å². The number of esters is 1. The second-order valence-electron chi connectivity index (χ2n) is 7.73. The molecule has 3 atom stereocenters. The lowest BCUT2D eigenvalue weighted by atomic mass is 10.0. The Labute approximate surface area is 172 Å². The zero-order valence-electron chi connectivity index (χ0n) is 16.5. The summed E-state index contributed by atoms with van der Waals surface area (Å²) in [6, 6.07) is 1.64. The van der Waals surface area contributed by atoms with Gasteiger partial charge in [0.25, 0.3) is 5.69 Å². The van der Waals surface area contributed by atoms with Crippen molar-refractivity contribution in [3.63, 3.8) is 0 Å². The molecule has 0 spiro atoms. The highest BCUT2D eigenvalue weighted by Crippen LogP contribution is 2.33.